The molecule has 1 heterocycles. The highest BCUT2D eigenvalue weighted by molar-refractivity contribution is 5.94. The average molecular weight is 328 g/mol. The molecule has 0 spiro atoms. The van der Waals surface area contributed by atoms with E-state index in [-0.39, 0.29) is 11.9 Å². The summed E-state index contributed by atoms with van der Waals surface area (Å²) in [5, 5.41) is 0. The highest BCUT2D eigenvalue weighted by Crippen LogP contribution is 2.31. The molecule has 1 aliphatic heterocycles. The number of carbonyl (C=O) groups is 1. The van der Waals surface area contributed by atoms with Crippen molar-refractivity contribution in [3.05, 3.63) is 35.4 Å². The summed E-state index contributed by atoms with van der Waals surface area (Å²) in [6.07, 6.45) is -4.38. The fourth-order valence-corrected chi connectivity index (χ4v) is 3.16. The molecule has 1 aromatic carbocycles. The molecule has 0 radical (unpaired) electrons. The number of halogens is 3. The Kier molecular flexibility index (Phi) is 5.04. The van der Waals surface area contributed by atoms with Crippen LogP contribution >= 0.6 is 0 Å². The van der Waals surface area contributed by atoms with Crippen LogP contribution in [0.4, 0.5) is 13.2 Å². The molecule has 2 rings (SSSR count). The molecule has 23 heavy (non-hydrogen) atoms. The Bertz CT molecular complexity index is 536. The Morgan fingerprint density at radius 3 is 2.13 bits per heavy atom. The van der Waals surface area contributed by atoms with Gasteiger partial charge in [0, 0.05) is 24.7 Å². The molecule has 0 N–H and O–H groups in total. The van der Waals surface area contributed by atoms with Crippen molar-refractivity contribution in [2.75, 3.05) is 27.2 Å². The Balaban J connectivity index is 2.15. The Morgan fingerprint density at radius 2 is 1.74 bits per heavy atom. The van der Waals surface area contributed by atoms with Crippen molar-refractivity contribution in [2.45, 2.75) is 26.1 Å². The largest absolute Gasteiger partial charge is 0.416 e. The van der Waals surface area contributed by atoms with E-state index in [9.17, 15) is 18.0 Å². The zero-order valence-corrected chi connectivity index (χ0v) is 13.9. The average Bonchev–Trinajstić information content (AvgIpc) is 2.91. The molecule has 0 bridgehead atoms. The number of likely N-dealkylation sites (tertiary alicyclic amines) is 1. The first-order chi connectivity index (χ1) is 10.6. The van der Waals surface area contributed by atoms with E-state index in [0.29, 0.717) is 30.5 Å². The van der Waals surface area contributed by atoms with Crippen molar-refractivity contribution in [1.29, 1.82) is 0 Å². The van der Waals surface area contributed by atoms with Gasteiger partial charge in [0.2, 0.25) is 0 Å². The number of carbonyl (C=O) groups excluding carboxylic acids is 1. The second-order valence-electron chi connectivity index (χ2n) is 6.72. The molecule has 1 saturated heterocycles. The minimum atomic E-state index is -4.38. The van der Waals surface area contributed by atoms with Crippen molar-refractivity contribution < 1.29 is 18.0 Å². The minimum absolute atomic E-state index is 0.200. The molecule has 0 aromatic heterocycles. The summed E-state index contributed by atoms with van der Waals surface area (Å²) >= 11 is 0. The molecule has 128 valence electrons. The molecule has 1 aromatic rings. The third-order valence-corrected chi connectivity index (χ3v) is 4.60. The first-order valence-electron chi connectivity index (χ1n) is 7.74. The Morgan fingerprint density at radius 1 is 1.17 bits per heavy atom. The van der Waals surface area contributed by atoms with Gasteiger partial charge in [-0.15, -0.1) is 0 Å². The zero-order valence-electron chi connectivity index (χ0n) is 13.9. The van der Waals surface area contributed by atoms with E-state index in [1.165, 1.54) is 12.1 Å². The van der Waals surface area contributed by atoms with E-state index in [1.807, 2.05) is 14.1 Å². The Labute approximate surface area is 135 Å². The summed E-state index contributed by atoms with van der Waals surface area (Å²) in [4.78, 5) is 16.4. The standard InChI is InChI=1S/C17H23F3N2O/c1-11(2)14-9-22(10-15(14)21(3)4)16(23)12-5-7-13(8-6-12)17(18,19)20/h5-8,11,14-15H,9-10H2,1-4H3/t14-,15+/m0/s1. The van der Waals surface area contributed by atoms with Gasteiger partial charge in [0.1, 0.15) is 0 Å². The van der Waals surface area contributed by atoms with Gasteiger partial charge in [-0.2, -0.15) is 13.2 Å². The number of amides is 1. The van der Waals surface area contributed by atoms with Gasteiger partial charge in [-0.25, -0.2) is 0 Å². The predicted octanol–water partition coefficient (Wildman–Crippen LogP) is 3.36. The van der Waals surface area contributed by atoms with Crippen molar-refractivity contribution in [3.63, 3.8) is 0 Å². The van der Waals surface area contributed by atoms with Crippen LogP contribution in [0.2, 0.25) is 0 Å². The van der Waals surface area contributed by atoms with Gasteiger partial charge < -0.3 is 9.80 Å². The van der Waals surface area contributed by atoms with Gasteiger partial charge in [0.05, 0.1) is 5.56 Å². The highest BCUT2D eigenvalue weighted by Gasteiger charge is 2.38. The number of rotatable bonds is 3. The van der Waals surface area contributed by atoms with Gasteiger partial charge in [-0.05, 0) is 50.2 Å². The number of hydrogen-bond acceptors (Lipinski definition) is 2. The maximum Gasteiger partial charge on any atom is 0.416 e. The van der Waals surface area contributed by atoms with Gasteiger partial charge in [0.15, 0.2) is 0 Å². The minimum Gasteiger partial charge on any atom is -0.337 e. The molecule has 1 fully saturated rings. The van der Waals surface area contributed by atoms with Crippen LogP contribution in [0.5, 0.6) is 0 Å². The SMILES string of the molecule is CC(C)[C@@H]1CN(C(=O)c2ccc(C(F)(F)F)cc2)C[C@H]1N(C)C. The smallest absolute Gasteiger partial charge is 0.337 e. The van der Waals surface area contributed by atoms with Crippen LogP contribution in [-0.2, 0) is 6.18 Å². The van der Waals surface area contributed by atoms with Gasteiger partial charge >= 0.3 is 6.18 Å². The fourth-order valence-electron chi connectivity index (χ4n) is 3.16. The molecular formula is C17H23F3N2O. The molecule has 1 aliphatic rings. The lowest BCUT2D eigenvalue weighted by molar-refractivity contribution is -0.137. The van der Waals surface area contributed by atoms with E-state index in [1.54, 1.807) is 4.90 Å². The summed E-state index contributed by atoms with van der Waals surface area (Å²) in [6.45, 7) is 5.51. The van der Waals surface area contributed by atoms with E-state index in [4.69, 9.17) is 0 Å². The third kappa shape index (κ3) is 3.86. The lowest BCUT2D eigenvalue weighted by Crippen LogP contribution is -2.37. The lowest BCUT2D eigenvalue weighted by Gasteiger charge is -2.27. The second kappa shape index (κ2) is 6.51. The van der Waals surface area contributed by atoms with E-state index in [2.05, 4.69) is 18.7 Å². The molecule has 1 amide bonds. The summed E-state index contributed by atoms with van der Waals surface area (Å²) in [6, 6.07) is 4.73. The summed E-state index contributed by atoms with van der Waals surface area (Å²) in [7, 11) is 3.98. The van der Waals surface area contributed by atoms with E-state index >= 15 is 0 Å². The highest BCUT2D eigenvalue weighted by atomic mass is 19.4. The molecule has 0 aliphatic carbocycles. The first-order valence-corrected chi connectivity index (χ1v) is 7.74. The number of hydrogen-bond donors (Lipinski definition) is 0. The fraction of sp³-hybridized carbons (Fsp3) is 0.588. The van der Waals surface area contributed by atoms with E-state index < -0.39 is 11.7 Å². The van der Waals surface area contributed by atoms with Crippen molar-refractivity contribution in [3.8, 4) is 0 Å². The van der Waals surface area contributed by atoms with Crippen LogP contribution in [0.15, 0.2) is 24.3 Å². The van der Waals surface area contributed by atoms with Crippen LogP contribution < -0.4 is 0 Å². The molecule has 0 unspecified atom stereocenters. The van der Waals surface area contributed by atoms with Gasteiger partial charge in [-0.1, -0.05) is 13.8 Å². The van der Waals surface area contributed by atoms with Crippen LogP contribution in [0.1, 0.15) is 29.8 Å². The van der Waals surface area contributed by atoms with Gasteiger partial charge in [0.25, 0.3) is 5.91 Å². The summed E-state index contributed by atoms with van der Waals surface area (Å²) < 4.78 is 37.8. The maximum absolute atomic E-state index is 12.6. The number of likely N-dealkylation sites (N-methyl/N-ethyl adjacent to an activating group) is 1. The molecule has 2 atom stereocenters. The second-order valence-corrected chi connectivity index (χ2v) is 6.72. The molecule has 3 nitrogen and oxygen atoms in total. The summed E-state index contributed by atoms with van der Waals surface area (Å²) in [5.41, 5.74) is -0.429. The number of benzene rings is 1. The van der Waals surface area contributed by atoms with Crippen molar-refractivity contribution in [1.82, 2.24) is 9.80 Å². The van der Waals surface area contributed by atoms with Crippen LogP contribution in [0, 0.1) is 11.8 Å². The van der Waals surface area contributed by atoms with Crippen LogP contribution in [0.3, 0.4) is 0 Å². The van der Waals surface area contributed by atoms with Crippen LogP contribution in [-0.4, -0.2) is 48.9 Å². The van der Waals surface area contributed by atoms with E-state index in [0.717, 1.165) is 12.1 Å². The first kappa shape index (κ1) is 17.8. The quantitative estimate of drug-likeness (QED) is 0.849. The van der Waals surface area contributed by atoms with Crippen molar-refractivity contribution >= 4 is 5.91 Å². The summed E-state index contributed by atoms with van der Waals surface area (Å²) in [5.74, 6) is 0.602. The molecule has 6 heteroatoms. The third-order valence-electron chi connectivity index (χ3n) is 4.60. The number of alkyl halides is 3. The predicted molar refractivity (Wildman–Crippen MR) is 83.2 cm³/mol. The molecule has 0 saturated carbocycles. The maximum atomic E-state index is 12.6. The monoisotopic (exact) mass is 328 g/mol. The van der Waals surface area contributed by atoms with Crippen molar-refractivity contribution in [2.24, 2.45) is 11.8 Å². The normalized spacial score (nSPS) is 22.2. The Hall–Kier alpha value is -1.56. The molecular weight excluding hydrogens is 305 g/mol. The topological polar surface area (TPSA) is 23.6 Å². The number of nitrogens with zero attached hydrogens (tertiary/aromatic N) is 2. The van der Waals surface area contributed by atoms with Gasteiger partial charge in [-0.3, -0.25) is 4.79 Å². The van der Waals surface area contributed by atoms with Crippen LogP contribution in [0.25, 0.3) is 0 Å². The zero-order chi connectivity index (χ0) is 17.4. The lowest BCUT2D eigenvalue weighted by atomic mass is 9.91.